The first-order chi connectivity index (χ1) is 12.4. The van der Waals surface area contributed by atoms with Crippen LogP contribution in [0.15, 0.2) is 4.47 Å². The number of aliphatic carboxylic acids is 1. The van der Waals surface area contributed by atoms with Crippen LogP contribution < -0.4 is 4.90 Å². The third-order valence-electron chi connectivity index (χ3n) is 4.63. The number of hydrogen-bond acceptors (Lipinski definition) is 5. The van der Waals surface area contributed by atoms with Gasteiger partial charge in [0.2, 0.25) is 0 Å². The molecule has 6 nitrogen and oxygen atoms in total. The van der Waals surface area contributed by atoms with E-state index in [-0.39, 0.29) is 21.8 Å². The van der Waals surface area contributed by atoms with E-state index in [0.717, 1.165) is 25.9 Å². The fraction of sp³-hybridized carbons (Fsp3) is 0.632. The van der Waals surface area contributed by atoms with E-state index in [1.54, 1.807) is 20.8 Å². The third-order valence-corrected chi connectivity index (χ3v) is 5.70. The van der Waals surface area contributed by atoms with Crippen molar-refractivity contribution in [3.8, 4) is 0 Å². The first-order valence-corrected chi connectivity index (χ1v) is 10.0. The summed E-state index contributed by atoms with van der Waals surface area (Å²) < 4.78 is 6.25. The number of nitrogens with zero attached hydrogens (tertiary/aromatic N) is 2. The van der Waals surface area contributed by atoms with Crippen molar-refractivity contribution < 1.29 is 19.4 Å². The standard InChI is InChI=1S/C19H26BrClN2O4/c1-18(2,3)27-15(17(25)26)12-14(13(20)11(10-24)22-16(12)21)23-8-6-19(4,5)7-9-23/h10,15H,6-9H2,1-5H3,(H,25,26)/t15-/m0/s1. The highest BCUT2D eigenvalue weighted by atomic mass is 79.9. The first kappa shape index (κ1) is 22.1. The number of carboxylic acid groups (broad SMARTS) is 1. The lowest BCUT2D eigenvalue weighted by atomic mass is 9.82. The lowest BCUT2D eigenvalue weighted by molar-refractivity contribution is -0.160. The molecule has 1 N–H and O–H groups in total. The summed E-state index contributed by atoms with van der Waals surface area (Å²) in [5.74, 6) is -1.15. The Labute approximate surface area is 173 Å². The highest BCUT2D eigenvalue weighted by Crippen LogP contribution is 2.44. The molecular weight excluding hydrogens is 436 g/mol. The zero-order chi connectivity index (χ0) is 20.6. The van der Waals surface area contributed by atoms with Crippen LogP contribution in [0.4, 0.5) is 5.69 Å². The van der Waals surface area contributed by atoms with Crippen LogP contribution in [-0.2, 0) is 9.53 Å². The van der Waals surface area contributed by atoms with E-state index < -0.39 is 17.7 Å². The Balaban J connectivity index is 2.63. The van der Waals surface area contributed by atoms with Crippen LogP contribution in [0.5, 0.6) is 0 Å². The van der Waals surface area contributed by atoms with Crippen molar-refractivity contribution in [1.29, 1.82) is 0 Å². The van der Waals surface area contributed by atoms with Gasteiger partial charge in [0, 0.05) is 13.1 Å². The van der Waals surface area contributed by atoms with Gasteiger partial charge in [-0.15, -0.1) is 0 Å². The maximum atomic E-state index is 12.0. The Morgan fingerprint density at radius 1 is 1.37 bits per heavy atom. The molecule has 1 aliphatic heterocycles. The second-order valence-corrected chi connectivity index (χ2v) is 9.73. The van der Waals surface area contributed by atoms with E-state index in [9.17, 15) is 14.7 Å². The van der Waals surface area contributed by atoms with Gasteiger partial charge in [0.15, 0.2) is 12.4 Å². The van der Waals surface area contributed by atoms with E-state index >= 15 is 0 Å². The van der Waals surface area contributed by atoms with E-state index in [4.69, 9.17) is 16.3 Å². The van der Waals surface area contributed by atoms with Crippen LogP contribution in [0.3, 0.4) is 0 Å². The number of anilines is 1. The lowest BCUT2D eigenvalue weighted by Gasteiger charge is -2.40. The van der Waals surface area contributed by atoms with Crippen LogP contribution >= 0.6 is 27.5 Å². The number of aldehydes is 1. The predicted octanol–water partition coefficient (Wildman–Crippen LogP) is 4.88. The van der Waals surface area contributed by atoms with Crippen molar-refractivity contribution in [1.82, 2.24) is 4.98 Å². The number of carbonyl (C=O) groups is 2. The summed E-state index contributed by atoms with van der Waals surface area (Å²) in [4.78, 5) is 29.6. The summed E-state index contributed by atoms with van der Waals surface area (Å²) in [6.45, 7) is 11.2. The third kappa shape index (κ3) is 5.21. The minimum absolute atomic E-state index is 0.0308. The van der Waals surface area contributed by atoms with Crippen molar-refractivity contribution in [2.75, 3.05) is 18.0 Å². The normalized spacial score (nSPS) is 18.3. The number of carbonyl (C=O) groups excluding carboxylic acids is 1. The van der Waals surface area contributed by atoms with E-state index in [2.05, 4.69) is 39.7 Å². The van der Waals surface area contributed by atoms with Gasteiger partial charge in [-0.05, 0) is 55.0 Å². The maximum Gasteiger partial charge on any atom is 0.337 e. The molecule has 1 atom stereocenters. The van der Waals surface area contributed by atoms with Crippen molar-refractivity contribution >= 4 is 45.5 Å². The maximum absolute atomic E-state index is 12.0. The number of hydrogen-bond donors (Lipinski definition) is 1. The summed E-state index contributed by atoms with van der Waals surface area (Å²) >= 11 is 9.81. The van der Waals surface area contributed by atoms with E-state index in [1.807, 2.05) is 0 Å². The van der Waals surface area contributed by atoms with Gasteiger partial charge in [-0.2, -0.15) is 0 Å². The lowest BCUT2D eigenvalue weighted by Crippen LogP contribution is -2.39. The number of rotatable bonds is 5. The van der Waals surface area contributed by atoms with Crippen LogP contribution in [0, 0.1) is 5.41 Å². The molecule has 2 heterocycles. The monoisotopic (exact) mass is 460 g/mol. The number of ether oxygens (including phenoxy) is 1. The fourth-order valence-electron chi connectivity index (χ4n) is 3.09. The molecule has 150 valence electrons. The Morgan fingerprint density at radius 2 is 1.93 bits per heavy atom. The van der Waals surface area contributed by atoms with Crippen LogP contribution in [0.2, 0.25) is 5.15 Å². The second kappa shape index (κ2) is 8.05. The summed E-state index contributed by atoms with van der Waals surface area (Å²) in [7, 11) is 0. The topological polar surface area (TPSA) is 79.7 Å². The molecule has 0 amide bonds. The largest absolute Gasteiger partial charge is 0.479 e. The molecule has 1 aromatic heterocycles. The van der Waals surface area contributed by atoms with Gasteiger partial charge in [-0.3, -0.25) is 4.79 Å². The molecule has 8 heteroatoms. The predicted molar refractivity (Wildman–Crippen MR) is 109 cm³/mol. The fourth-order valence-corrected chi connectivity index (χ4v) is 4.02. The van der Waals surface area contributed by atoms with E-state index in [1.165, 1.54) is 0 Å². The molecular formula is C19H26BrClN2O4. The molecule has 27 heavy (non-hydrogen) atoms. The number of carboxylic acids is 1. The highest BCUT2D eigenvalue weighted by molar-refractivity contribution is 9.10. The quantitative estimate of drug-likeness (QED) is 0.497. The Morgan fingerprint density at radius 3 is 2.37 bits per heavy atom. The highest BCUT2D eigenvalue weighted by Gasteiger charge is 2.36. The first-order valence-electron chi connectivity index (χ1n) is 8.86. The van der Waals surface area contributed by atoms with Gasteiger partial charge < -0.3 is 14.7 Å². The molecule has 0 aliphatic carbocycles. The summed E-state index contributed by atoms with van der Waals surface area (Å²) in [5.41, 5.74) is 0.495. The average Bonchev–Trinajstić information content (AvgIpc) is 2.54. The number of pyridine rings is 1. The molecule has 1 aromatic rings. The molecule has 2 rings (SSSR count). The minimum atomic E-state index is -1.30. The van der Waals surface area contributed by atoms with Gasteiger partial charge >= 0.3 is 5.97 Å². The van der Waals surface area contributed by atoms with Gasteiger partial charge in [0.1, 0.15) is 10.8 Å². The molecule has 0 bridgehead atoms. The number of halogens is 2. The molecule has 0 unspecified atom stereocenters. The molecule has 0 radical (unpaired) electrons. The SMILES string of the molecule is CC1(C)CCN(c2c(Br)c(C=O)nc(Cl)c2[C@H](OC(C)(C)C)C(=O)O)CC1. The molecule has 0 aromatic carbocycles. The summed E-state index contributed by atoms with van der Waals surface area (Å²) in [5, 5.41) is 9.79. The van der Waals surface area contributed by atoms with Crippen molar-refractivity contribution in [2.45, 2.75) is 59.2 Å². The molecule has 1 fully saturated rings. The minimum Gasteiger partial charge on any atom is -0.479 e. The van der Waals surface area contributed by atoms with Gasteiger partial charge in [0.25, 0.3) is 0 Å². The Kier molecular flexibility index (Phi) is 6.59. The Bertz CT molecular complexity index is 736. The second-order valence-electron chi connectivity index (χ2n) is 8.58. The Hall–Kier alpha value is -1.18. The van der Waals surface area contributed by atoms with E-state index in [0.29, 0.717) is 16.4 Å². The van der Waals surface area contributed by atoms with Crippen LogP contribution in [0.1, 0.15) is 69.6 Å². The van der Waals surface area contributed by atoms with Crippen LogP contribution in [-0.4, -0.2) is 41.0 Å². The summed E-state index contributed by atoms with van der Waals surface area (Å²) in [6.07, 6.45) is 1.18. The molecule has 1 saturated heterocycles. The smallest absolute Gasteiger partial charge is 0.337 e. The van der Waals surface area contributed by atoms with Gasteiger partial charge in [-0.1, -0.05) is 25.4 Å². The molecule has 1 aliphatic rings. The zero-order valence-electron chi connectivity index (χ0n) is 16.3. The van der Waals surface area contributed by atoms with Gasteiger partial charge in [0.05, 0.1) is 21.3 Å². The van der Waals surface area contributed by atoms with Crippen molar-refractivity contribution in [3.05, 3.63) is 20.9 Å². The summed E-state index contributed by atoms with van der Waals surface area (Å²) in [6, 6.07) is 0. The zero-order valence-corrected chi connectivity index (χ0v) is 18.6. The number of aromatic nitrogens is 1. The van der Waals surface area contributed by atoms with Gasteiger partial charge in [-0.25, -0.2) is 9.78 Å². The molecule has 0 spiro atoms. The molecule has 0 saturated carbocycles. The van der Waals surface area contributed by atoms with Crippen molar-refractivity contribution in [2.24, 2.45) is 5.41 Å². The average molecular weight is 462 g/mol. The van der Waals surface area contributed by atoms with Crippen LogP contribution in [0.25, 0.3) is 0 Å². The number of piperidine rings is 1. The van der Waals surface area contributed by atoms with Crippen molar-refractivity contribution in [3.63, 3.8) is 0 Å².